The fourth-order valence-corrected chi connectivity index (χ4v) is 3.60. The van der Waals surface area contributed by atoms with E-state index in [9.17, 15) is 4.79 Å². The Morgan fingerprint density at radius 2 is 2.33 bits per heavy atom. The number of amides is 1. The molecule has 0 aromatic rings. The molecule has 1 aliphatic heterocycles. The standard InChI is InChI=1S/C6H12N2OS2.ClH/c7-8-6(9)3-5-4-10-1-2-11-5;/h5H,1-4,7H2,(H,8,9);1H. The zero-order valence-corrected chi connectivity index (χ0v) is 9.07. The maximum Gasteiger partial charge on any atom is 0.235 e. The Labute approximate surface area is 87.0 Å². The molecule has 0 aliphatic carbocycles. The quantitative estimate of drug-likeness (QED) is 0.414. The van der Waals surface area contributed by atoms with Crippen LogP contribution in [0.3, 0.4) is 0 Å². The van der Waals surface area contributed by atoms with Gasteiger partial charge in [-0.2, -0.15) is 23.5 Å². The molecule has 12 heavy (non-hydrogen) atoms. The van der Waals surface area contributed by atoms with Crippen molar-refractivity contribution in [3.63, 3.8) is 0 Å². The number of rotatable bonds is 2. The molecule has 1 amide bonds. The summed E-state index contributed by atoms with van der Waals surface area (Å²) >= 11 is 3.78. The van der Waals surface area contributed by atoms with Crippen LogP contribution in [0.1, 0.15) is 6.42 Å². The predicted molar refractivity (Wildman–Crippen MR) is 57.8 cm³/mol. The van der Waals surface area contributed by atoms with Gasteiger partial charge in [0.15, 0.2) is 0 Å². The average molecular weight is 229 g/mol. The number of carbonyl (C=O) groups excluding carboxylic acids is 1. The van der Waals surface area contributed by atoms with Gasteiger partial charge in [-0.25, -0.2) is 5.84 Å². The Bertz CT molecular complexity index is 142. The van der Waals surface area contributed by atoms with Gasteiger partial charge in [-0.1, -0.05) is 0 Å². The van der Waals surface area contributed by atoms with Crippen LogP contribution in [0.15, 0.2) is 0 Å². The summed E-state index contributed by atoms with van der Waals surface area (Å²) in [6, 6.07) is 0. The second-order valence-electron chi connectivity index (χ2n) is 2.34. The van der Waals surface area contributed by atoms with Gasteiger partial charge < -0.3 is 0 Å². The van der Waals surface area contributed by atoms with E-state index < -0.39 is 0 Å². The van der Waals surface area contributed by atoms with Crippen molar-refractivity contribution in [2.75, 3.05) is 17.3 Å². The number of nitrogens with two attached hydrogens (primary N) is 1. The van der Waals surface area contributed by atoms with Crippen molar-refractivity contribution in [1.82, 2.24) is 5.43 Å². The first-order valence-electron chi connectivity index (χ1n) is 3.51. The van der Waals surface area contributed by atoms with E-state index in [2.05, 4.69) is 5.43 Å². The van der Waals surface area contributed by atoms with Gasteiger partial charge in [-0.3, -0.25) is 10.2 Å². The Morgan fingerprint density at radius 1 is 1.58 bits per heavy atom. The van der Waals surface area contributed by atoms with E-state index in [0.29, 0.717) is 11.7 Å². The molecule has 1 unspecified atom stereocenters. The molecule has 1 rings (SSSR count). The summed E-state index contributed by atoms with van der Waals surface area (Å²) < 4.78 is 0. The lowest BCUT2D eigenvalue weighted by Crippen LogP contribution is -2.33. The minimum absolute atomic E-state index is 0. The lowest BCUT2D eigenvalue weighted by atomic mass is 10.3. The van der Waals surface area contributed by atoms with Gasteiger partial charge in [0.2, 0.25) is 5.91 Å². The van der Waals surface area contributed by atoms with Crippen LogP contribution in [0.25, 0.3) is 0 Å². The average Bonchev–Trinajstić information content (AvgIpc) is 2.06. The number of halogens is 1. The summed E-state index contributed by atoms with van der Waals surface area (Å²) in [5.74, 6) is 8.38. The van der Waals surface area contributed by atoms with E-state index in [0.717, 1.165) is 11.5 Å². The molecule has 0 bridgehead atoms. The third kappa shape index (κ3) is 4.45. The Balaban J connectivity index is 0.00000121. The van der Waals surface area contributed by atoms with Crippen LogP contribution in [-0.4, -0.2) is 28.4 Å². The second-order valence-corrected chi connectivity index (χ2v) is 4.90. The Hall–Kier alpha value is 0.420. The monoisotopic (exact) mass is 228 g/mol. The molecule has 1 heterocycles. The normalized spacial score (nSPS) is 22.6. The highest BCUT2D eigenvalue weighted by Crippen LogP contribution is 2.25. The number of hydrazine groups is 1. The van der Waals surface area contributed by atoms with Crippen molar-refractivity contribution in [2.24, 2.45) is 5.84 Å². The first kappa shape index (κ1) is 12.4. The molecule has 1 fully saturated rings. The van der Waals surface area contributed by atoms with Crippen LogP contribution in [0.2, 0.25) is 0 Å². The first-order chi connectivity index (χ1) is 5.33. The third-order valence-electron chi connectivity index (χ3n) is 1.46. The Kier molecular flexibility index (Phi) is 7.13. The molecular formula is C6H13ClN2OS2. The van der Waals surface area contributed by atoms with Crippen molar-refractivity contribution in [1.29, 1.82) is 0 Å². The lowest BCUT2D eigenvalue weighted by molar-refractivity contribution is -0.121. The summed E-state index contributed by atoms with van der Waals surface area (Å²) in [5, 5.41) is 0.470. The molecule has 1 atom stereocenters. The maximum atomic E-state index is 10.8. The van der Waals surface area contributed by atoms with E-state index >= 15 is 0 Å². The zero-order chi connectivity index (χ0) is 8.10. The van der Waals surface area contributed by atoms with Crippen LogP contribution in [0.5, 0.6) is 0 Å². The first-order valence-corrected chi connectivity index (χ1v) is 5.72. The summed E-state index contributed by atoms with van der Waals surface area (Å²) in [5.41, 5.74) is 2.15. The number of hydrogen-bond donors (Lipinski definition) is 2. The second kappa shape index (κ2) is 6.88. The molecule has 72 valence electrons. The molecule has 0 radical (unpaired) electrons. The van der Waals surface area contributed by atoms with Gasteiger partial charge in [-0.15, -0.1) is 12.4 Å². The number of thioether (sulfide) groups is 2. The topological polar surface area (TPSA) is 55.1 Å². The van der Waals surface area contributed by atoms with E-state index in [4.69, 9.17) is 5.84 Å². The largest absolute Gasteiger partial charge is 0.294 e. The fourth-order valence-electron chi connectivity index (χ4n) is 0.920. The van der Waals surface area contributed by atoms with Gasteiger partial charge >= 0.3 is 0 Å². The molecule has 0 aromatic carbocycles. The minimum Gasteiger partial charge on any atom is -0.294 e. The fraction of sp³-hybridized carbons (Fsp3) is 0.833. The summed E-state index contributed by atoms with van der Waals surface area (Å²) in [4.78, 5) is 10.8. The third-order valence-corrected chi connectivity index (χ3v) is 4.30. The van der Waals surface area contributed by atoms with E-state index in [1.165, 1.54) is 5.75 Å². The summed E-state index contributed by atoms with van der Waals surface area (Å²) in [6.45, 7) is 0. The van der Waals surface area contributed by atoms with E-state index in [1.54, 1.807) is 0 Å². The van der Waals surface area contributed by atoms with Crippen LogP contribution < -0.4 is 11.3 Å². The molecule has 0 saturated carbocycles. The molecule has 3 N–H and O–H groups in total. The van der Waals surface area contributed by atoms with Crippen molar-refractivity contribution >= 4 is 41.8 Å². The zero-order valence-electron chi connectivity index (χ0n) is 6.62. The van der Waals surface area contributed by atoms with Gasteiger partial charge in [0.25, 0.3) is 0 Å². The van der Waals surface area contributed by atoms with Crippen molar-refractivity contribution in [2.45, 2.75) is 11.7 Å². The van der Waals surface area contributed by atoms with Crippen LogP contribution in [-0.2, 0) is 4.79 Å². The molecule has 1 aliphatic rings. The summed E-state index contributed by atoms with van der Waals surface area (Å²) in [6.07, 6.45) is 0.564. The SMILES string of the molecule is Cl.NNC(=O)CC1CSCCS1. The van der Waals surface area contributed by atoms with E-state index in [1.807, 2.05) is 23.5 Å². The number of carbonyl (C=O) groups is 1. The smallest absolute Gasteiger partial charge is 0.235 e. The highest BCUT2D eigenvalue weighted by Gasteiger charge is 2.16. The molecule has 6 heteroatoms. The number of hydrogen-bond acceptors (Lipinski definition) is 4. The maximum absolute atomic E-state index is 10.8. The minimum atomic E-state index is -0.0509. The highest BCUT2D eigenvalue weighted by atomic mass is 35.5. The van der Waals surface area contributed by atoms with Crippen LogP contribution in [0, 0.1) is 0 Å². The van der Waals surface area contributed by atoms with Gasteiger partial charge in [0.1, 0.15) is 0 Å². The number of nitrogens with one attached hydrogen (secondary N) is 1. The Morgan fingerprint density at radius 3 is 2.83 bits per heavy atom. The van der Waals surface area contributed by atoms with E-state index in [-0.39, 0.29) is 18.3 Å². The van der Waals surface area contributed by atoms with Gasteiger partial charge in [0.05, 0.1) is 0 Å². The molecular weight excluding hydrogens is 216 g/mol. The molecule has 3 nitrogen and oxygen atoms in total. The molecule has 1 saturated heterocycles. The van der Waals surface area contributed by atoms with Crippen molar-refractivity contribution in [3.8, 4) is 0 Å². The molecule has 0 aromatic heterocycles. The van der Waals surface area contributed by atoms with Crippen molar-refractivity contribution in [3.05, 3.63) is 0 Å². The molecule has 0 spiro atoms. The van der Waals surface area contributed by atoms with Crippen molar-refractivity contribution < 1.29 is 4.79 Å². The van der Waals surface area contributed by atoms with Crippen LogP contribution >= 0.6 is 35.9 Å². The predicted octanol–water partition coefficient (Wildman–Crippen LogP) is 0.637. The van der Waals surface area contributed by atoms with Gasteiger partial charge in [0, 0.05) is 28.9 Å². The highest BCUT2D eigenvalue weighted by molar-refractivity contribution is 8.06. The van der Waals surface area contributed by atoms with Gasteiger partial charge in [-0.05, 0) is 0 Å². The van der Waals surface area contributed by atoms with Crippen LogP contribution in [0.4, 0.5) is 0 Å². The summed E-state index contributed by atoms with van der Waals surface area (Å²) in [7, 11) is 0. The lowest BCUT2D eigenvalue weighted by Gasteiger charge is -2.19.